The van der Waals surface area contributed by atoms with Gasteiger partial charge in [-0.2, -0.15) is 5.10 Å². The monoisotopic (exact) mass is 358 g/mol. The quantitative estimate of drug-likeness (QED) is 0.802. The molecule has 0 bridgehead atoms. The number of fused-ring (bicyclic) bond motifs is 1. The van der Waals surface area contributed by atoms with Crippen molar-refractivity contribution in [3.05, 3.63) is 35.9 Å². The van der Waals surface area contributed by atoms with Crippen LogP contribution in [0.1, 0.15) is 22.6 Å². The number of likely N-dealkylation sites (N-methyl/N-ethyl adjacent to an activating group) is 1. The van der Waals surface area contributed by atoms with Crippen molar-refractivity contribution >= 4 is 17.5 Å². The van der Waals surface area contributed by atoms with E-state index >= 15 is 0 Å². The van der Waals surface area contributed by atoms with Gasteiger partial charge in [-0.15, -0.1) is 0 Å². The number of ether oxygens (including phenoxy) is 1. The highest BCUT2D eigenvalue weighted by Crippen LogP contribution is 2.34. The molecule has 0 spiro atoms. The van der Waals surface area contributed by atoms with E-state index in [4.69, 9.17) is 4.74 Å². The van der Waals surface area contributed by atoms with Crippen LogP contribution in [0, 0.1) is 0 Å². The first-order valence-corrected chi connectivity index (χ1v) is 8.28. The minimum Gasteiger partial charge on any atom is -0.489 e. The lowest BCUT2D eigenvalue weighted by Gasteiger charge is -2.35. The number of nitrogens with zero attached hydrogens (tertiary/aromatic N) is 4. The van der Waals surface area contributed by atoms with Crippen LogP contribution in [0.25, 0.3) is 0 Å². The zero-order chi connectivity index (χ0) is 18.7. The first-order chi connectivity index (χ1) is 12.5. The van der Waals surface area contributed by atoms with Crippen LogP contribution < -0.4 is 15.0 Å². The third-order valence-electron chi connectivity index (χ3n) is 4.31. The number of carbonyl (C=O) groups is 2. The van der Waals surface area contributed by atoms with Gasteiger partial charge in [0.2, 0.25) is 5.91 Å². The second-order valence-electron chi connectivity index (χ2n) is 6.37. The molecule has 2 heterocycles. The van der Waals surface area contributed by atoms with Crippen LogP contribution in [-0.4, -0.2) is 65.7 Å². The summed E-state index contributed by atoms with van der Waals surface area (Å²) in [5, 5.41) is 9.24. The smallest absolute Gasteiger partial charge is 0.253 e. The summed E-state index contributed by atoms with van der Waals surface area (Å²) < 4.78 is 5.78. The van der Waals surface area contributed by atoms with E-state index in [1.165, 1.54) is 11.2 Å². The Balaban J connectivity index is 1.66. The van der Waals surface area contributed by atoms with E-state index in [1.807, 2.05) is 11.9 Å². The van der Waals surface area contributed by atoms with Crippen molar-refractivity contribution < 1.29 is 14.3 Å². The molecule has 1 aliphatic rings. The second kappa shape index (κ2) is 7.42. The third-order valence-corrected chi connectivity index (χ3v) is 4.31. The summed E-state index contributed by atoms with van der Waals surface area (Å²) in [6.07, 6.45) is 1.67. The molecule has 2 aromatic rings. The Hall–Kier alpha value is -3.10. The summed E-state index contributed by atoms with van der Waals surface area (Å²) in [4.78, 5) is 31.9. The molecule has 9 heteroatoms. The van der Waals surface area contributed by atoms with Gasteiger partial charge in [0.05, 0.1) is 24.7 Å². The summed E-state index contributed by atoms with van der Waals surface area (Å²) in [5.41, 5.74) is 1.39. The first kappa shape index (κ1) is 17.7. The van der Waals surface area contributed by atoms with Crippen molar-refractivity contribution in [3.8, 4) is 5.75 Å². The van der Waals surface area contributed by atoms with E-state index in [1.54, 1.807) is 32.3 Å². The van der Waals surface area contributed by atoms with Gasteiger partial charge in [0.15, 0.2) is 0 Å². The maximum atomic E-state index is 12.2. The summed E-state index contributed by atoms with van der Waals surface area (Å²) in [7, 11) is 5.33. The SMILES string of the molecule is CN(C)C(=O)c1ccc2c(c1)N(C)[C@H](CC(=O)NCc1ncn[nH]1)CO2. The van der Waals surface area contributed by atoms with Gasteiger partial charge < -0.3 is 19.9 Å². The molecule has 0 fully saturated rings. The van der Waals surface area contributed by atoms with Gasteiger partial charge in [-0.3, -0.25) is 14.7 Å². The van der Waals surface area contributed by atoms with Crippen molar-refractivity contribution in [3.63, 3.8) is 0 Å². The molecule has 3 rings (SSSR count). The molecule has 0 radical (unpaired) electrons. The number of hydrogen-bond acceptors (Lipinski definition) is 6. The zero-order valence-corrected chi connectivity index (χ0v) is 15.0. The highest BCUT2D eigenvalue weighted by atomic mass is 16.5. The fourth-order valence-electron chi connectivity index (χ4n) is 2.78. The number of benzene rings is 1. The molecule has 0 unspecified atom stereocenters. The van der Waals surface area contributed by atoms with Crippen LogP contribution in [0.4, 0.5) is 5.69 Å². The molecular weight excluding hydrogens is 336 g/mol. The molecule has 0 aliphatic carbocycles. The minimum atomic E-state index is -0.123. The van der Waals surface area contributed by atoms with Crippen LogP contribution in [0.5, 0.6) is 5.75 Å². The molecule has 9 nitrogen and oxygen atoms in total. The third kappa shape index (κ3) is 3.76. The molecule has 2 amide bonds. The summed E-state index contributed by atoms with van der Waals surface area (Å²) in [6, 6.07) is 5.22. The molecule has 0 saturated carbocycles. The lowest BCUT2D eigenvalue weighted by molar-refractivity contribution is -0.121. The maximum Gasteiger partial charge on any atom is 0.253 e. The molecule has 2 N–H and O–H groups in total. The zero-order valence-electron chi connectivity index (χ0n) is 15.0. The van der Waals surface area contributed by atoms with E-state index in [9.17, 15) is 9.59 Å². The largest absolute Gasteiger partial charge is 0.489 e. The van der Waals surface area contributed by atoms with Gasteiger partial charge in [-0.25, -0.2) is 4.98 Å². The van der Waals surface area contributed by atoms with E-state index in [-0.39, 0.29) is 24.3 Å². The number of H-pyrrole nitrogens is 1. The fourth-order valence-corrected chi connectivity index (χ4v) is 2.78. The first-order valence-electron chi connectivity index (χ1n) is 8.28. The molecule has 1 aliphatic heterocycles. The van der Waals surface area contributed by atoms with Crippen LogP contribution in [0.3, 0.4) is 0 Å². The number of rotatable bonds is 5. The highest BCUT2D eigenvalue weighted by Gasteiger charge is 2.27. The number of hydrogen-bond donors (Lipinski definition) is 2. The van der Waals surface area contributed by atoms with Crippen LogP contribution >= 0.6 is 0 Å². The predicted octanol–water partition coefficient (Wildman–Crippen LogP) is 0.410. The predicted molar refractivity (Wildman–Crippen MR) is 95.0 cm³/mol. The van der Waals surface area contributed by atoms with Crippen molar-refractivity contribution in [2.45, 2.75) is 19.0 Å². The molecular formula is C17H22N6O3. The molecule has 138 valence electrons. The van der Waals surface area contributed by atoms with Gasteiger partial charge in [-0.1, -0.05) is 0 Å². The van der Waals surface area contributed by atoms with Gasteiger partial charge in [0.1, 0.15) is 24.5 Å². The van der Waals surface area contributed by atoms with Crippen molar-refractivity contribution in [2.24, 2.45) is 0 Å². The molecule has 1 aromatic carbocycles. The van der Waals surface area contributed by atoms with E-state index in [0.717, 1.165) is 5.69 Å². The van der Waals surface area contributed by atoms with E-state index in [0.29, 0.717) is 30.3 Å². The number of carbonyl (C=O) groups excluding carboxylic acids is 2. The number of aromatic amines is 1. The highest BCUT2D eigenvalue weighted by molar-refractivity contribution is 5.95. The number of nitrogens with one attached hydrogen (secondary N) is 2. The lowest BCUT2D eigenvalue weighted by atomic mass is 10.1. The lowest BCUT2D eigenvalue weighted by Crippen LogP contribution is -2.43. The topological polar surface area (TPSA) is 103 Å². The van der Waals surface area contributed by atoms with Crippen molar-refractivity contribution in [1.29, 1.82) is 0 Å². The van der Waals surface area contributed by atoms with Crippen LogP contribution in [0.15, 0.2) is 24.5 Å². The Morgan fingerprint density at radius 2 is 2.23 bits per heavy atom. The van der Waals surface area contributed by atoms with Gasteiger partial charge in [0, 0.05) is 26.7 Å². The van der Waals surface area contributed by atoms with E-state index < -0.39 is 0 Å². The Kier molecular flexibility index (Phi) is 5.06. The Morgan fingerprint density at radius 1 is 1.42 bits per heavy atom. The molecule has 1 atom stereocenters. The summed E-state index contributed by atoms with van der Waals surface area (Å²) in [5.74, 6) is 1.13. The Morgan fingerprint density at radius 3 is 2.92 bits per heavy atom. The van der Waals surface area contributed by atoms with Gasteiger partial charge in [0.25, 0.3) is 5.91 Å². The molecule has 26 heavy (non-hydrogen) atoms. The standard InChI is InChI=1S/C17H22N6O3/c1-22(2)17(25)11-4-5-14-13(6-11)23(3)12(9-26-14)7-16(24)18-8-15-19-10-20-21-15/h4-6,10,12H,7-9H2,1-3H3,(H,18,24)(H,19,20,21)/t12-/m1/s1. The Bertz CT molecular complexity index is 790. The minimum absolute atomic E-state index is 0.0758. The average molecular weight is 358 g/mol. The Labute approximate surface area is 151 Å². The number of anilines is 1. The normalized spacial score (nSPS) is 15.8. The molecule has 0 saturated heterocycles. The number of aromatic nitrogens is 3. The van der Waals surface area contributed by atoms with E-state index in [2.05, 4.69) is 20.5 Å². The average Bonchev–Trinajstić information content (AvgIpc) is 3.15. The summed E-state index contributed by atoms with van der Waals surface area (Å²) >= 11 is 0. The van der Waals surface area contributed by atoms with Gasteiger partial charge in [-0.05, 0) is 18.2 Å². The van der Waals surface area contributed by atoms with Gasteiger partial charge >= 0.3 is 0 Å². The summed E-state index contributed by atoms with van der Waals surface area (Å²) in [6.45, 7) is 0.703. The fraction of sp³-hybridized carbons (Fsp3) is 0.412. The van der Waals surface area contributed by atoms with Crippen molar-refractivity contribution in [1.82, 2.24) is 25.4 Å². The maximum absolute atomic E-state index is 12.2. The molecule has 1 aromatic heterocycles. The van der Waals surface area contributed by atoms with Crippen LogP contribution in [-0.2, 0) is 11.3 Å². The van der Waals surface area contributed by atoms with Crippen LogP contribution in [0.2, 0.25) is 0 Å². The second-order valence-corrected chi connectivity index (χ2v) is 6.37. The van der Waals surface area contributed by atoms with Crippen molar-refractivity contribution in [2.75, 3.05) is 32.6 Å². The number of amides is 2.